The number of para-hydroxylation sites is 2. The molecule has 0 aliphatic carbocycles. The van der Waals surface area contributed by atoms with Crippen molar-refractivity contribution < 1.29 is 18.7 Å². The fourth-order valence-electron chi connectivity index (χ4n) is 2.85. The quantitative estimate of drug-likeness (QED) is 0.628. The molecule has 0 spiro atoms. The molecule has 1 aliphatic heterocycles. The third-order valence-electron chi connectivity index (χ3n) is 4.46. The Balaban J connectivity index is 1.23. The van der Waals surface area contributed by atoms with E-state index in [1.807, 2.05) is 36.5 Å². The Hall–Kier alpha value is -3.42. The summed E-state index contributed by atoms with van der Waals surface area (Å²) in [5.41, 5.74) is 0.719. The van der Waals surface area contributed by atoms with Crippen LogP contribution in [0.4, 0.5) is 4.39 Å². The van der Waals surface area contributed by atoms with Gasteiger partial charge in [0, 0.05) is 13.1 Å². The fraction of sp³-hybridized carbons (Fsp3) is 0.250. The van der Waals surface area contributed by atoms with Gasteiger partial charge in [-0.15, -0.1) is 5.10 Å². The van der Waals surface area contributed by atoms with E-state index in [-0.39, 0.29) is 24.3 Å². The Morgan fingerprint density at radius 3 is 2.61 bits per heavy atom. The SMILES string of the molecule is O=C(COc1ccccc1F)N1CC(n2cc(COc3ccccc3)nn2)C1. The summed E-state index contributed by atoms with van der Waals surface area (Å²) in [5, 5.41) is 8.23. The molecule has 0 saturated carbocycles. The molecule has 0 radical (unpaired) electrons. The van der Waals surface area contributed by atoms with Crippen LogP contribution < -0.4 is 9.47 Å². The molecule has 0 unspecified atom stereocenters. The van der Waals surface area contributed by atoms with Crippen molar-refractivity contribution in [3.63, 3.8) is 0 Å². The van der Waals surface area contributed by atoms with E-state index >= 15 is 0 Å². The van der Waals surface area contributed by atoms with Gasteiger partial charge >= 0.3 is 0 Å². The topological polar surface area (TPSA) is 69.5 Å². The number of likely N-dealkylation sites (tertiary alicyclic amines) is 1. The summed E-state index contributed by atoms with van der Waals surface area (Å²) in [5.74, 6) is 0.177. The van der Waals surface area contributed by atoms with Gasteiger partial charge in [-0.05, 0) is 24.3 Å². The van der Waals surface area contributed by atoms with Gasteiger partial charge in [-0.1, -0.05) is 35.5 Å². The first-order valence-corrected chi connectivity index (χ1v) is 8.93. The highest BCUT2D eigenvalue weighted by Gasteiger charge is 2.33. The third kappa shape index (κ3) is 4.11. The summed E-state index contributed by atoms with van der Waals surface area (Å²) in [6.45, 7) is 1.17. The number of hydrogen-bond donors (Lipinski definition) is 0. The average molecular weight is 382 g/mol. The molecule has 7 nitrogen and oxygen atoms in total. The summed E-state index contributed by atoms with van der Waals surface area (Å²) in [4.78, 5) is 13.8. The molecule has 1 aliphatic rings. The van der Waals surface area contributed by atoms with E-state index < -0.39 is 5.82 Å². The molecule has 1 fully saturated rings. The summed E-state index contributed by atoms with van der Waals surface area (Å²) in [6.07, 6.45) is 1.82. The first-order valence-electron chi connectivity index (χ1n) is 8.93. The molecule has 0 N–H and O–H groups in total. The molecule has 144 valence electrons. The number of amides is 1. The lowest BCUT2D eigenvalue weighted by Crippen LogP contribution is -2.52. The van der Waals surface area contributed by atoms with Crippen LogP contribution in [0.1, 0.15) is 11.7 Å². The minimum atomic E-state index is -0.482. The molecular weight excluding hydrogens is 363 g/mol. The number of aromatic nitrogens is 3. The molecule has 8 heteroatoms. The van der Waals surface area contributed by atoms with Crippen LogP contribution in [0.5, 0.6) is 11.5 Å². The number of rotatable bonds is 7. The van der Waals surface area contributed by atoms with Crippen molar-refractivity contribution in [3.05, 3.63) is 72.3 Å². The van der Waals surface area contributed by atoms with Crippen LogP contribution in [0.2, 0.25) is 0 Å². The van der Waals surface area contributed by atoms with Crippen LogP contribution in [0.25, 0.3) is 0 Å². The van der Waals surface area contributed by atoms with Crippen molar-refractivity contribution >= 4 is 5.91 Å². The largest absolute Gasteiger partial charge is 0.487 e. The molecule has 1 saturated heterocycles. The van der Waals surface area contributed by atoms with Crippen molar-refractivity contribution in [3.8, 4) is 11.5 Å². The van der Waals surface area contributed by atoms with E-state index in [0.29, 0.717) is 19.7 Å². The molecule has 3 aromatic rings. The van der Waals surface area contributed by atoms with Gasteiger partial charge in [-0.3, -0.25) is 4.79 Å². The number of halogens is 1. The molecule has 0 atom stereocenters. The molecule has 4 rings (SSSR count). The zero-order valence-electron chi connectivity index (χ0n) is 15.1. The van der Waals surface area contributed by atoms with E-state index in [1.54, 1.807) is 21.7 Å². The maximum absolute atomic E-state index is 13.5. The van der Waals surface area contributed by atoms with Crippen LogP contribution in [-0.4, -0.2) is 45.5 Å². The molecule has 2 aromatic carbocycles. The van der Waals surface area contributed by atoms with E-state index in [9.17, 15) is 9.18 Å². The lowest BCUT2D eigenvalue weighted by atomic mass is 10.1. The first kappa shape index (κ1) is 18.0. The van der Waals surface area contributed by atoms with E-state index in [0.717, 1.165) is 11.4 Å². The number of carbonyl (C=O) groups excluding carboxylic acids is 1. The lowest BCUT2D eigenvalue weighted by Gasteiger charge is -2.38. The smallest absolute Gasteiger partial charge is 0.260 e. The zero-order chi connectivity index (χ0) is 19.3. The summed E-state index contributed by atoms with van der Waals surface area (Å²) in [6, 6.07) is 15.6. The van der Waals surface area contributed by atoms with Crippen molar-refractivity contribution in [1.29, 1.82) is 0 Å². The van der Waals surface area contributed by atoms with Gasteiger partial charge in [0.15, 0.2) is 18.2 Å². The van der Waals surface area contributed by atoms with Gasteiger partial charge < -0.3 is 14.4 Å². The number of hydrogen-bond acceptors (Lipinski definition) is 5. The maximum atomic E-state index is 13.5. The Morgan fingerprint density at radius 1 is 1.07 bits per heavy atom. The standard InChI is InChI=1S/C20H19FN4O3/c21-18-8-4-5-9-19(18)28-14-20(26)24-11-16(12-24)25-10-15(22-23-25)13-27-17-6-2-1-3-7-17/h1-10,16H,11-14H2. The minimum absolute atomic E-state index is 0.0652. The molecule has 1 amide bonds. The third-order valence-corrected chi connectivity index (χ3v) is 4.46. The van der Waals surface area contributed by atoms with Gasteiger partial charge in [0.25, 0.3) is 5.91 Å². The van der Waals surface area contributed by atoms with Gasteiger partial charge in [0.05, 0.1) is 12.2 Å². The first-order chi connectivity index (χ1) is 13.7. The lowest BCUT2D eigenvalue weighted by molar-refractivity contribution is -0.139. The second kappa shape index (κ2) is 8.08. The molecule has 28 heavy (non-hydrogen) atoms. The fourth-order valence-corrected chi connectivity index (χ4v) is 2.85. The molecule has 1 aromatic heterocycles. The highest BCUT2D eigenvalue weighted by molar-refractivity contribution is 5.78. The van der Waals surface area contributed by atoms with Gasteiger partial charge in [-0.2, -0.15) is 0 Å². The normalized spacial score (nSPS) is 13.8. The molecule has 0 bridgehead atoms. The van der Waals surface area contributed by atoms with Crippen LogP contribution in [0.3, 0.4) is 0 Å². The monoisotopic (exact) mass is 382 g/mol. The van der Waals surface area contributed by atoms with Gasteiger partial charge in [-0.25, -0.2) is 9.07 Å². The van der Waals surface area contributed by atoms with E-state index in [2.05, 4.69) is 10.3 Å². The van der Waals surface area contributed by atoms with Crippen molar-refractivity contribution in [2.45, 2.75) is 12.6 Å². The minimum Gasteiger partial charge on any atom is -0.487 e. The van der Waals surface area contributed by atoms with Gasteiger partial charge in [0.1, 0.15) is 18.1 Å². The predicted octanol–water partition coefficient (Wildman–Crippen LogP) is 2.46. The Bertz CT molecular complexity index is 941. The van der Waals surface area contributed by atoms with E-state index in [4.69, 9.17) is 9.47 Å². The van der Waals surface area contributed by atoms with Crippen molar-refractivity contribution in [1.82, 2.24) is 19.9 Å². The second-order valence-electron chi connectivity index (χ2n) is 6.46. The highest BCUT2D eigenvalue weighted by atomic mass is 19.1. The predicted molar refractivity (Wildman–Crippen MR) is 98.3 cm³/mol. The summed E-state index contributed by atoms with van der Waals surface area (Å²) < 4.78 is 26.2. The maximum Gasteiger partial charge on any atom is 0.260 e. The average Bonchev–Trinajstić information content (AvgIpc) is 3.14. The molecular formula is C20H19FN4O3. The van der Waals surface area contributed by atoms with Gasteiger partial charge in [0.2, 0.25) is 0 Å². The van der Waals surface area contributed by atoms with Crippen molar-refractivity contribution in [2.24, 2.45) is 0 Å². The Morgan fingerprint density at radius 2 is 1.82 bits per heavy atom. The number of ether oxygens (including phenoxy) is 2. The van der Waals surface area contributed by atoms with Crippen LogP contribution >= 0.6 is 0 Å². The van der Waals surface area contributed by atoms with Crippen LogP contribution in [0, 0.1) is 5.82 Å². The molecule has 2 heterocycles. The highest BCUT2D eigenvalue weighted by Crippen LogP contribution is 2.22. The number of nitrogens with zero attached hydrogens (tertiary/aromatic N) is 4. The van der Waals surface area contributed by atoms with Crippen molar-refractivity contribution in [2.75, 3.05) is 19.7 Å². The van der Waals surface area contributed by atoms with Crippen LogP contribution in [0.15, 0.2) is 60.8 Å². The summed E-state index contributed by atoms with van der Waals surface area (Å²) in [7, 11) is 0. The van der Waals surface area contributed by atoms with Crippen LogP contribution in [-0.2, 0) is 11.4 Å². The zero-order valence-corrected chi connectivity index (χ0v) is 15.1. The number of benzene rings is 2. The second-order valence-corrected chi connectivity index (χ2v) is 6.46. The van der Waals surface area contributed by atoms with E-state index in [1.165, 1.54) is 12.1 Å². The Kier molecular flexibility index (Phi) is 5.18. The number of carbonyl (C=O) groups is 1. The Labute approximate surface area is 161 Å². The summed E-state index contributed by atoms with van der Waals surface area (Å²) >= 11 is 0.